The largest absolute Gasteiger partial charge is 0.479 e. The molecule has 29 heavy (non-hydrogen) atoms. The molecule has 0 heterocycles. The molecule has 0 amide bonds. The molecule has 0 aliphatic rings. The molecule has 2 N–H and O–H groups in total. The minimum absolute atomic E-state index is 0.104. The number of aliphatic carboxylic acids is 1. The number of carboxylic acid groups (broad SMARTS) is 1. The quantitative estimate of drug-likeness (QED) is 0.257. The first-order valence-electron chi connectivity index (χ1n) is 11.7. The molecule has 0 aliphatic heterocycles. The van der Waals surface area contributed by atoms with Crippen LogP contribution in [0.3, 0.4) is 0 Å². The smallest absolute Gasteiger partial charge is 0.332 e. The van der Waals surface area contributed by atoms with Gasteiger partial charge in [0.25, 0.3) is 0 Å². The monoisotopic (exact) mass is 406 g/mol. The molecule has 1 aromatic carbocycles. The van der Waals surface area contributed by atoms with Gasteiger partial charge in [-0.25, -0.2) is 4.79 Å². The Labute approximate surface area is 177 Å². The van der Waals surface area contributed by atoms with E-state index < -0.39 is 12.1 Å². The zero-order chi connectivity index (χ0) is 21.2. The SMILES string of the molecule is CCCCCC(O)CCCCCCCCCCC(OCc1ccccc1)C(=O)O. The average molecular weight is 407 g/mol. The molecule has 4 heteroatoms. The van der Waals surface area contributed by atoms with Crippen molar-refractivity contribution in [1.29, 1.82) is 0 Å². The van der Waals surface area contributed by atoms with E-state index in [1.807, 2.05) is 30.3 Å². The number of carbonyl (C=O) groups is 1. The Morgan fingerprint density at radius 3 is 1.90 bits per heavy atom. The molecule has 0 bridgehead atoms. The van der Waals surface area contributed by atoms with E-state index in [9.17, 15) is 15.0 Å². The van der Waals surface area contributed by atoms with Gasteiger partial charge in [0.05, 0.1) is 12.7 Å². The normalized spacial score (nSPS) is 13.3. The van der Waals surface area contributed by atoms with Crippen LogP contribution >= 0.6 is 0 Å². The number of hydrogen-bond acceptors (Lipinski definition) is 3. The van der Waals surface area contributed by atoms with Gasteiger partial charge in [-0.1, -0.05) is 108 Å². The number of benzene rings is 1. The zero-order valence-corrected chi connectivity index (χ0v) is 18.4. The van der Waals surface area contributed by atoms with E-state index in [2.05, 4.69) is 6.92 Å². The number of hydrogen-bond donors (Lipinski definition) is 2. The summed E-state index contributed by atoms with van der Waals surface area (Å²) in [6, 6.07) is 9.71. The van der Waals surface area contributed by atoms with Crippen molar-refractivity contribution in [2.45, 2.75) is 116 Å². The molecule has 166 valence electrons. The number of rotatable bonds is 19. The molecule has 0 aromatic heterocycles. The maximum absolute atomic E-state index is 11.4. The lowest BCUT2D eigenvalue weighted by Gasteiger charge is -2.13. The van der Waals surface area contributed by atoms with Crippen molar-refractivity contribution in [2.75, 3.05) is 0 Å². The molecule has 0 saturated heterocycles. The number of aliphatic hydroxyl groups excluding tert-OH is 1. The highest BCUT2D eigenvalue weighted by molar-refractivity contribution is 5.72. The summed E-state index contributed by atoms with van der Waals surface area (Å²) in [6.07, 6.45) is 14.4. The van der Waals surface area contributed by atoms with Crippen LogP contribution in [-0.4, -0.2) is 28.4 Å². The molecule has 2 atom stereocenters. The predicted octanol–water partition coefficient (Wildman–Crippen LogP) is 6.50. The second-order valence-corrected chi connectivity index (χ2v) is 8.18. The van der Waals surface area contributed by atoms with Gasteiger partial charge in [0, 0.05) is 0 Å². The van der Waals surface area contributed by atoms with E-state index in [0.29, 0.717) is 13.0 Å². The van der Waals surface area contributed by atoms with E-state index in [0.717, 1.165) is 50.5 Å². The van der Waals surface area contributed by atoms with Crippen LogP contribution in [0.25, 0.3) is 0 Å². The molecular weight excluding hydrogens is 364 g/mol. The maximum atomic E-state index is 11.4. The van der Waals surface area contributed by atoms with E-state index in [1.54, 1.807) is 0 Å². The van der Waals surface area contributed by atoms with Crippen molar-refractivity contribution in [1.82, 2.24) is 0 Å². The minimum Gasteiger partial charge on any atom is -0.479 e. The van der Waals surface area contributed by atoms with Crippen molar-refractivity contribution in [3.05, 3.63) is 35.9 Å². The highest BCUT2D eigenvalue weighted by Crippen LogP contribution is 2.15. The summed E-state index contributed by atoms with van der Waals surface area (Å²) in [6.45, 7) is 2.54. The highest BCUT2D eigenvalue weighted by Gasteiger charge is 2.17. The predicted molar refractivity (Wildman–Crippen MR) is 119 cm³/mol. The number of carboxylic acids is 1. The Morgan fingerprint density at radius 1 is 0.828 bits per heavy atom. The van der Waals surface area contributed by atoms with Gasteiger partial charge in [-0.05, 0) is 24.8 Å². The third-order valence-corrected chi connectivity index (χ3v) is 5.46. The Morgan fingerprint density at radius 2 is 1.34 bits per heavy atom. The molecule has 0 spiro atoms. The summed E-state index contributed by atoms with van der Waals surface area (Å²) in [4.78, 5) is 11.4. The van der Waals surface area contributed by atoms with Gasteiger partial charge in [-0.15, -0.1) is 0 Å². The van der Waals surface area contributed by atoms with Gasteiger partial charge < -0.3 is 14.9 Å². The first-order valence-corrected chi connectivity index (χ1v) is 11.7. The van der Waals surface area contributed by atoms with Crippen LogP contribution in [0.1, 0.15) is 102 Å². The van der Waals surface area contributed by atoms with Crippen molar-refractivity contribution >= 4 is 5.97 Å². The topological polar surface area (TPSA) is 66.8 Å². The molecule has 0 radical (unpaired) electrons. The molecule has 0 saturated carbocycles. The van der Waals surface area contributed by atoms with Crippen LogP contribution in [0, 0.1) is 0 Å². The Bertz CT molecular complexity index is 503. The Kier molecular flexibility index (Phi) is 15.4. The van der Waals surface area contributed by atoms with Gasteiger partial charge in [0.1, 0.15) is 0 Å². The van der Waals surface area contributed by atoms with Crippen LogP contribution in [0.5, 0.6) is 0 Å². The number of ether oxygens (including phenoxy) is 1. The lowest BCUT2D eigenvalue weighted by molar-refractivity contribution is -0.151. The standard InChI is InChI=1S/C25H42O4/c1-2-3-11-18-23(26)19-14-8-6-4-5-7-9-15-20-24(25(27)28)29-21-22-16-12-10-13-17-22/h10,12-13,16-17,23-24,26H,2-9,11,14-15,18-21H2,1H3,(H,27,28). The fraction of sp³-hybridized carbons (Fsp3) is 0.720. The maximum Gasteiger partial charge on any atom is 0.332 e. The van der Waals surface area contributed by atoms with Crippen molar-refractivity contribution in [3.63, 3.8) is 0 Å². The molecule has 0 aliphatic carbocycles. The third kappa shape index (κ3) is 14.3. The van der Waals surface area contributed by atoms with Crippen molar-refractivity contribution in [3.8, 4) is 0 Å². The molecule has 2 unspecified atom stereocenters. The van der Waals surface area contributed by atoms with Crippen LogP contribution in [0.2, 0.25) is 0 Å². The van der Waals surface area contributed by atoms with Crippen LogP contribution in [-0.2, 0) is 16.1 Å². The number of unbranched alkanes of at least 4 members (excludes halogenated alkanes) is 9. The number of aliphatic hydroxyl groups is 1. The molecule has 4 nitrogen and oxygen atoms in total. The van der Waals surface area contributed by atoms with Crippen LogP contribution in [0.15, 0.2) is 30.3 Å². The van der Waals surface area contributed by atoms with E-state index in [4.69, 9.17) is 4.74 Å². The lowest BCUT2D eigenvalue weighted by atomic mass is 10.0. The summed E-state index contributed by atoms with van der Waals surface area (Å²) in [5.41, 5.74) is 1.01. The van der Waals surface area contributed by atoms with Gasteiger partial charge in [-0.2, -0.15) is 0 Å². The fourth-order valence-electron chi connectivity index (χ4n) is 3.59. The van der Waals surface area contributed by atoms with Gasteiger partial charge in [0.15, 0.2) is 6.10 Å². The first kappa shape index (κ1) is 25.6. The van der Waals surface area contributed by atoms with Gasteiger partial charge >= 0.3 is 5.97 Å². The van der Waals surface area contributed by atoms with E-state index in [-0.39, 0.29) is 6.10 Å². The second kappa shape index (κ2) is 17.5. The van der Waals surface area contributed by atoms with Crippen LogP contribution in [0.4, 0.5) is 0 Å². The first-order chi connectivity index (χ1) is 14.1. The van der Waals surface area contributed by atoms with Crippen molar-refractivity contribution < 1.29 is 19.7 Å². The lowest BCUT2D eigenvalue weighted by Crippen LogP contribution is -2.23. The minimum atomic E-state index is -0.863. The van der Waals surface area contributed by atoms with Gasteiger partial charge in [0.2, 0.25) is 0 Å². The third-order valence-electron chi connectivity index (χ3n) is 5.46. The summed E-state index contributed by atoms with van der Waals surface area (Å²) in [5.74, 6) is -0.863. The fourth-order valence-corrected chi connectivity index (χ4v) is 3.59. The van der Waals surface area contributed by atoms with Crippen molar-refractivity contribution in [2.24, 2.45) is 0 Å². The molecular formula is C25H42O4. The van der Waals surface area contributed by atoms with Crippen LogP contribution < -0.4 is 0 Å². The average Bonchev–Trinajstić information content (AvgIpc) is 2.72. The van der Waals surface area contributed by atoms with E-state index in [1.165, 1.54) is 38.5 Å². The second-order valence-electron chi connectivity index (χ2n) is 8.18. The molecule has 1 aromatic rings. The highest BCUT2D eigenvalue weighted by atomic mass is 16.5. The zero-order valence-electron chi connectivity index (χ0n) is 18.4. The summed E-state index contributed by atoms with van der Waals surface area (Å²) < 4.78 is 5.59. The summed E-state index contributed by atoms with van der Waals surface area (Å²) in [7, 11) is 0. The Hall–Kier alpha value is -1.39. The molecule has 0 fully saturated rings. The van der Waals surface area contributed by atoms with Gasteiger partial charge in [-0.3, -0.25) is 0 Å². The summed E-state index contributed by atoms with van der Waals surface area (Å²) >= 11 is 0. The summed E-state index contributed by atoms with van der Waals surface area (Å²) in [5, 5.41) is 19.2. The van der Waals surface area contributed by atoms with E-state index >= 15 is 0 Å². The molecule has 1 rings (SSSR count). The Balaban J connectivity index is 1.96.